The molecule has 0 fully saturated rings. The molecule has 0 spiro atoms. The number of rotatable bonds is 1. The second kappa shape index (κ2) is 4.78. The number of aromatic nitrogens is 3. The molecule has 0 N–H and O–H groups in total. The number of fused-ring (bicyclic) bond motifs is 5. The molecule has 5 rings (SSSR count). The zero-order chi connectivity index (χ0) is 16.3. The van der Waals surface area contributed by atoms with Crippen molar-refractivity contribution in [2.75, 3.05) is 0 Å². The Morgan fingerprint density at radius 2 is 1.83 bits per heavy atom. The van der Waals surface area contributed by atoms with Crippen molar-refractivity contribution in [1.82, 2.24) is 9.55 Å². The first-order chi connectivity index (χ1) is 11.7. The third-order valence-electron chi connectivity index (χ3n) is 4.97. The maximum absolute atomic E-state index is 4.81. The van der Waals surface area contributed by atoms with Crippen LogP contribution < -0.4 is 4.57 Å². The molecule has 2 aromatic heterocycles. The molecule has 116 valence electrons. The smallest absolute Gasteiger partial charge is 0.214 e. The summed E-state index contributed by atoms with van der Waals surface area (Å²) in [5, 5.41) is 0. The molecule has 0 bridgehead atoms. The van der Waals surface area contributed by atoms with E-state index in [1.54, 1.807) is 0 Å². The van der Waals surface area contributed by atoms with Crippen LogP contribution in [0.2, 0.25) is 0 Å². The highest BCUT2D eigenvalue weighted by Crippen LogP contribution is 2.33. The van der Waals surface area contributed by atoms with Gasteiger partial charge in [-0.3, -0.25) is 4.57 Å². The Bertz CT molecular complexity index is 1110. The fourth-order valence-corrected chi connectivity index (χ4v) is 3.80. The van der Waals surface area contributed by atoms with Crippen LogP contribution in [-0.2, 0) is 13.5 Å². The van der Waals surface area contributed by atoms with Gasteiger partial charge in [0.25, 0.3) is 0 Å². The summed E-state index contributed by atoms with van der Waals surface area (Å²) in [5.74, 6) is 1.13. The molecule has 0 unspecified atom stereocenters. The quantitative estimate of drug-likeness (QED) is 0.432. The lowest BCUT2D eigenvalue weighted by Crippen LogP contribution is -2.31. The van der Waals surface area contributed by atoms with Gasteiger partial charge in [-0.2, -0.15) is 0 Å². The van der Waals surface area contributed by atoms with E-state index in [9.17, 15) is 0 Å². The first-order valence-electron chi connectivity index (χ1n) is 8.27. The van der Waals surface area contributed by atoms with Gasteiger partial charge in [0, 0.05) is 23.6 Å². The minimum atomic E-state index is 0.895. The van der Waals surface area contributed by atoms with Crippen LogP contribution >= 0.6 is 0 Å². The van der Waals surface area contributed by atoms with Crippen LogP contribution in [0.5, 0.6) is 0 Å². The minimum Gasteiger partial charge on any atom is -0.295 e. The summed E-state index contributed by atoms with van der Waals surface area (Å²) in [6.45, 7) is 2.17. The van der Waals surface area contributed by atoms with E-state index < -0.39 is 0 Å². The Kier molecular flexibility index (Phi) is 2.69. The number of imidazole rings is 1. The van der Waals surface area contributed by atoms with Crippen molar-refractivity contribution in [3.8, 4) is 16.9 Å². The van der Waals surface area contributed by atoms with Crippen LogP contribution in [0, 0.1) is 6.92 Å². The van der Waals surface area contributed by atoms with E-state index in [4.69, 9.17) is 4.98 Å². The van der Waals surface area contributed by atoms with Crippen molar-refractivity contribution >= 4 is 11.0 Å². The zero-order valence-electron chi connectivity index (χ0n) is 13.8. The number of benzene rings is 2. The molecule has 1 aliphatic heterocycles. The molecule has 0 saturated heterocycles. The molecule has 0 radical (unpaired) electrons. The topological polar surface area (TPSA) is 21.7 Å². The molecule has 0 atom stereocenters. The first kappa shape index (κ1) is 13.5. The average molecular weight is 312 g/mol. The zero-order valence-corrected chi connectivity index (χ0v) is 13.8. The summed E-state index contributed by atoms with van der Waals surface area (Å²) in [4.78, 5) is 4.81. The number of hydrogen-bond acceptors (Lipinski definition) is 1. The monoisotopic (exact) mass is 312 g/mol. The standard InChI is InChI=1S/C21H18N3/c1-14-7-3-4-8-16(14)20-12-19-15(13-23(20)2)11-21-22-17-9-5-6-10-18(17)24(19)21/h3-10,12-13H,11H2,1-2H3/q+1. The van der Waals surface area contributed by atoms with E-state index >= 15 is 0 Å². The normalized spacial score (nSPS) is 12.4. The molecule has 3 nitrogen and oxygen atoms in total. The van der Waals surface area contributed by atoms with Gasteiger partial charge in [0.15, 0.2) is 6.20 Å². The van der Waals surface area contributed by atoms with Crippen molar-refractivity contribution < 1.29 is 4.57 Å². The van der Waals surface area contributed by atoms with Crippen molar-refractivity contribution in [3.63, 3.8) is 0 Å². The number of aryl methyl sites for hydroxylation is 2. The van der Waals surface area contributed by atoms with Gasteiger partial charge in [-0.25, -0.2) is 9.55 Å². The summed E-state index contributed by atoms with van der Waals surface area (Å²) in [6.07, 6.45) is 3.15. The largest absolute Gasteiger partial charge is 0.295 e. The summed E-state index contributed by atoms with van der Waals surface area (Å²) >= 11 is 0. The maximum Gasteiger partial charge on any atom is 0.214 e. The predicted octanol–water partition coefficient (Wildman–Crippen LogP) is 3.73. The highest BCUT2D eigenvalue weighted by molar-refractivity contribution is 5.80. The second-order valence-electron chi connectivity index (χ2n) is 6.52. The minimum absolute atomic E-state index is 0.895. The first-order valence-corrected chi connectivity index (χ1v) is 8.27. The van der Waals surface area contributed by atoms with Crippen LogP contribution in [0.4, 0.5) is 0 Å². The Hall–Kier alpha value is -2.94. The fourth-order valence-electron chi connectivity index (χ4n) is 3.80. The van der Waals surface area contributed by atoms with Gasteiger partial charge in [0.05, 0.1) is 16.7 Å². The van der Waals surface area contributed by atoms with Gasteiger partial charge < -0.3 is 0 Å². The van der Waals surface area contributed by atoms with Gasteiger partial charge in [0.2, 0.25) is 5.69 Å². The average Bonchev–Trinajstić information content (AvgIpc) is 3.10. The molecular formula is C21H18N3+. The van der Waals surface area contributed by atoms with E-state index in [1.807, 2.05) is 0 Å². The number of nitrogens with zero attached hydrogens (tertiary/aromatic N) is 3. The molecule has 0 saturated carbocycles. The van der Waals surface area contributed by atoms with Crippen molar-refractivity contribution in [3.05, 3.63) is 77.7 Å². The van der Waals surface area contributed by atoms with Crippen LogP contribution in [0.3, 0.4) is 0 Å². The van der Waals surface area contributed by atoms with Crippen molar-refractivity contribution in [1.29, 1.82) is 0 Å². The van der Waals surface area contributed by atoms with E-state index in [1.165, 1.54) is 33.6 Å². The molecule has 2 aromatic carbocycles. The van der Waals surface area contributed by atoms with Crippen LogP contribution in [-0.4, -0.2) is 9.55 Å². The van der Waals surface area contributed by atoms with Crippen LogP contribution in [0.1, 0.15) is 17.0 Å². The lowest BCUT2D eigenvalue weighted by Gasteiger charge is -2.08. The molecule has 0 aliphatic carbocycles. The highest BCUT2D eigenvalue weighted by atomic mass is 15.1. The predicted molar refractivity (Wildman–Crippen MR) is 95.2 cm³/mol. The van der Waals surface area contributed by atoms with Crippen molar-refractivity contribution in [2.45, 2.75) is 13.3 Å². The van der Waals surface area contributed by atoms with E-state index in [0.717, 1.165) is 17.8 Å². The summed E-state index contributed by atoms with van der Waals surface area (Å²) in [5.41, 5.74) is 8.66. The third-order valence-corrected chi connectivity index (χ3v) is 4.97. The molecule has 3 heterocycles. The van der Waals surface area contributed by atoms with Crippen LogP contribution in [0.25, 0.3) is 28.0 Å². The van der Waals surface area contributed by atoms with Gasteiger partial charge in [-0.15, -0.1) is 0 Å². The maximum atomic E-state index is 4.81. The highest BCUT2D eigenvalue weighted by Gasteiger charge is 2.27. The fraction of sp³-hybridized carbons (Fsp3) is 0.143. The molecular weight excluding hydrogens is 294 g/mol. The summed E-state index contributed by atoms with van der Waals surface area (Å²) < 4.78 is 4.54. The number of pyridine rings is 1. The molecule has 4 aromatic rings. The Labute approximate surface area is 140 Å². The van der Waals surface area contributed by atoms with E-state index in [0.29, 0.717) is 0 Å². The SMILES string of the molecule is Cc1ccccc1-c1cc2c(c[n+]1C)Cc1nc3ccccc3n1-2. The van der Waals surface area contributed by atoms with Gasteiger partial charge in [-0.05, 0) is 30.7 Å². The molecule has 0 amide bonds. The Morgan fingerprint density at radius 1 is 1.04 bits per heavy atom. The van der Waals surface area contributed by atoms with E-state index in [2.05, 4.69) is 83.9 Å². The lowest BCUT2D eigenvalue weighted by atomic mass is 10.0. The Balaban J connectivity index is 1.79. The third kappa shape index (κ3) is 1.78. The van der Waals surface area contributed by atoms with Crippen molar-refractivity contribution in [2.24, 2.45) is 7.05 Å². The molecule has 1 aliphatic rings. The second-order valence-corrected chi connectivity index (χ2v) is 6.52. The van der Waals surface area contributed by atoms with Gasteiger partial charge in [0.1, 0.15) is 12.9 Å². The van der Waals surface area contributed by atoms with Gasteiger partial charge in [-0.1, -0.05) is 30.3 Å². The number of para-hydroxylation sites is 2. The molecule has 3 heteroatoms. The number of hydrogen-bond donors (Lipinski definition) is 0. The lowest BCUT2D eigenvalue weighted by molar-refractivity contribution is -0.660. The van der Waals surface area contributed by atoms with E-state index in [-0.39, 0.29) is 0 Å². The summed E-state index contributed by atoms with van der Waals surface area (Å²) in [7, 11) is 2.13. The Morgan fingerprint density at radius 3 is 2.71 bits per heavy atom. The van der Waals surface area contributed by atoms with Crippen LogP contribution in [0.15, 0.2) is 60.8 Å². The van der Waals surface area contributed by atoms with Gasteiger partial charge >= 0.3 is 0 Å². The summed E-state index contributed by atoms with van der Waals surface area (Å²) in [6, 6.07) is 19.2. The molecule has 24 heavy (non-hydrogen) atoms.